The number of para-hydroxylation sites is 1. The Morgan fingerprint density at radius 3 is 2.79 bits per heavy atom. The first-order valence-corrected chi connectivity index (χ1v) is 9.88. The summed E-state index contributed by atoms with van der Waals surface area (Å²) in [6, 6.07) is 8.12. The van der Waals surface area contributed by atoms with Crippen molar-refractivity contribution in [1.82, 2.24) is 5.32 Å². The molecule has 4 nitrogen and oxygen atoms in total. The van der Waals surface area contributed by atoms with Gasteiger partial charge in [-0.15, -0.1) is 0 Å². The Labute approximate surface area is 147 Å². The molecule has 1 aromatic carbocycles. The zero-order valence-corrected chi connectivity index (χ0v) is 14.9. The molecule has 1 N–H and O–H groups in total. The topological polar surface area (TPSA) is 49.4 Å². The highest BCUT2D eigenvalue weighted by Crippen LogP contribution is 2.55. The van der Waals surface area contributed by atoms with Crippen LogP contribution in [0.1, 0.15) is 51.9 Å². The zero-order valence-electron chi connectivity index (χ0n) is 14.1. The highest BCUT2D eigenvalue weighted by atomic mass is 32.2. The molecule has 1 aromatic rings. The molecule has 1 aliphatic carbocycles. The van der Waals surface area contributed by atoms with E-state index in [1.807, 2.05) is 24.3 Å². The predicted octanol–water partition coefficient (Wildman–Crippen LogP) is 3.70. The van der Waals surface area contributed by atoms with Gasteiger partial charge in [0.05, 0.1) is 5.69 Å². The largest absolute Gasteiger partial charge is 0.351 e. The number of benzene rings is 1. The second-order valence-electron chi connectivity index (χ2n) is 7.18. The summed E-state index contributed by atoms with van der Waals surface area (Å²) in [6.07, 6.45) is 6.81. The van der Waals surface area contributed by atoms with Gasteiger partial charge in [0.2, 0.25) is 5.91 Å². The molecule has 1 saturated heterocycles. The smallest absolute Gasteiger partial charge is 0.257 e. The lowest BCUT2D eigenvalue weighted by Gasteiger charge is -2.34. The van der Waals surface area contributed by atoms with Crippen LogP contribution in [0.25, 0.3) is 0 Å². The van der Waals surface area contributed by atoms with Crippen molar-refractivity contribution in [2.75, 3.05) is 4.90 Å². The molecule has 1 saturated carbocycles. The van der Waals surface area contributed by atoms with Crippen LogP contribution in [-0.2, 0) is 9.59 Å². The fraction of sp³-hybridized carbons (Fsp3) is 0.579. The number of rotatable bonds is 3. The molecular formula is C19H24N2O2S. The van der Waals surface area contributed by atoms with Crippen molar-refractivity contribution < 1.29 is 9.59 Å². The van der Waals surface area contributed by atoms with Crippen molar-refractivity contribution in [1.29, 1.82) is 0 Å². The van der Waals surface area contributed by atoms with E-state index in [0.29, 0.717) is 12.8 Å². The van der Waals surface area contributed by atoms with Crippen LogP contribution in [0.3, 0.4) is 0 Å². The fourth-order valence-corrected chi connectivity index (χ4v) is 5.73. The molecule has 0 aromatic heterocycles. The van der Waals surface area contributed by atoms with Gasteiger partial charge in [-0.1, -0.05) is 37.2 Å². The van der Waals surface area contributed by atoms with Crippen molar-refractivity contribution >= 4 is 29.3 Å². The molecule has 128 valence electrons. The molecule has 2 heterocycles. The SMILES string of the molecule is CCC1CCC(NC(=O)C23CCC(=O)N2c2ccccc2S3)CC1. The molecule has 0 radical (unpaired) electrons. The Bertz CT molecular complexity index is 669. The van der Waals surface area contributed by atoms with Gasteiger partial charge < -0.3 is 5.32 Å². The first-order chi connectivity index (χ1) is 11.6. The average Bonchev–Trinajstić information content (AvgIpc) is 3.12. The van der Waals surface area contributed by atoms with Crippen LogP contribution in [0.4, 0.5) is 5.69 Å². The fourth-order valence-electron chi connectivity index (χ4n) is 4.31. The number of hydrogen-bond acceptors (Lipinski definition) is 3. The van der Waals surface area contributed by atoms with Gasteiger partial charge in [-0.25, -0.2) is 0 Å². The maximum Gasteiger partial charge on any atom is 0.257 e. The van der Waals surface area contributed by atoms with E-state index in [-0.39, 0.29) is 17.9 Å². The quantitative estimate of drug-likeness (QED) is 0.909. The molecule has 2 fully saturated rings. The van der Waals surface area contributed by atoms with Gasteiger partial charge in [0.15, 0.2) is 4.87 Å². The number of thioether (sulfide) groups is 1. The minimum absolute atomic E-state index is 0.0227. The summed E-state index contributed by atoms with van der Waals surface area (Å²) in [5, 5.41) is 3.27. The average molecular weight is 344 g/mol. The molecule has 24 heavy (non-hydrogen) atoms. The van der Waals surface area contributed by atoms with Gasteiger partial charge in [-0.3, -0.25) is 14.5 Å². The van der Waals surface area contributed by atoms with Gasteiger partial charge in [0, 0.05) is 17.4 Å². The molecule has 1 unspecified atom stereocenters. The van der Waals surface area contributed by atoms with Gasteiger partial charge in [0.25, 0.3) is 5.91 Å². The number of fused-ring (bicyclic) bond motifs is 3. The lowest BCUT2D eigenvalue weighted by molar-refractivity contribution is -0.125. The number of nitrogens with zero attached hydrogens (tertiary/aromatic N) is 1. The van der Waals surface area contributed by atoms with Crippen molar-refractivity contribution in [3.63, 3.8) is 0 Å². The third kappa shape index (κ3) is 2.44. The molecule has 3 aliphatic rings. The first-order valence-electron chi connectivity index (χ1n) is 9.06. The Balaban J connectivity index is 1.53. The normalized spacial score (nSPS) is 31.7. The standard InChI is InChI=1S/C19H24N2O2S/c1-2-13-7-9-14(10-8-13)20-18(23)19-12-11-17(22)21(19)15-5-3-4-6-16(15)24-19/h3-6,13-14H,2,7-12H2,1H3,(H,20,23). The number of anilines is 1. The third-order valence-corrected chi connectivity index (χ3v) is 7.26. The van der Waals surface area contributed by atoms with E-state index in [2.05, 4.69) is 12.2 Å². The Morgan fingerprint density at radius 1 is 1.29 bits per heavy atom. The first kappa shape index (κ1) is 16.0. The maximum atomic E-state index is 13.2. The number of nitrogens with one attached hydrogen (secondary N) is 1. The summed E-state index contributed by atoms with van der Waals surface area (Å²) in [6.45, 7) is 2.25. The van der Waals surface area contributed by atoms with E-state index >= 15 is 0 Å². The minimum Gasteiger partial charge on any atom is -0.351 e. The summed E-state index contributed by atoms with van der Waals surface area (Å²) in [5.41, 5.74) is 0.898. The molecular weight excluding hydrogens is 320 g/mol. The van der Waals surface area contributed by atoms with Gasteiger partial charge in [-0.05, 0) is 50.2 Å². The Kier molecular flexibility index (Phi) is 4.07. The second kappa shape index (κ2) is 6.10. The highest BCUT2D eigenvalue weighted by Gasteiger charge is 2.57. The van der Waals surface area contributed by atoms with E-state index in [1.165, 1.54) is 19.3 Å². The van der Waals surface area contributed by atoms with Crippen LogP contribution in [0.2, 0.25) is 0 Å². The molecule has 1 atom stereocenters. The minimum atomic E-state index is -0.762. The highest BCUT2D eigenvalue weighted by molar-refractivity contribution is 8.02. The summed E-state index contributed by atoms with van der Waals surface area (Å²) in [5.74, 6) is 0.901. The Morgan fingerprint density at radius 2 is 2.04 bits per heavy atom. The third-order valence-electron chi connectivity index (χ3n) is 5.79. The van der Waals surface area contributed by atoms with E-state index < -0.39 is 4.87 Å². The van der Waals surface area contributed by atoms with Gasteiger partial charge in [0.1, 0.15) is 0 Å². The van der Waals surface area contributed by atoms with Crippen LogP contribution in [0.5, 0.6) is 0 Å². The van der Waals surface area contributed by atoms with Crippen LogP contribution >= 0.6 is 11.8 Å². The lowest BCUT2D eigenvalue weighted by Crippen LogP contribution is -2.55. The van der Waals surface area contributed by atoms with Crippen LogP contribution in [0, 0.1) is 5.92 Å². The molecule has 0 bridgehead atoms. The van der Waals surface area contributed by atoms with Crippen LogP contribution in [-0.4, -0.2) is 22.7 Å². The number of carbonyl (C=O) groups is 2. The predicted molar refractivity (Wildman–Crippen MR) is 95.9 cm³/mol. The van der Waals surface area contributed by atoms with E-state index in [4.69, 9.17) is 0 Å². The number of hydrogen-bond donors (Lipinski definition) is 1. The number of amides is 2. The maximum absolute atomic E-state index is 13.2. The molecule has 2 amide bonds. The van der Waals surface area contributed by atoms with Crippen LogP contribution < -0.4 is 10.2 Å². The molecule has 0 spiro atoms. The van der Waals surface area contributed by atoms with Crippen molar-refractivity contribution in [2.45, 2.75) is 67.7 Å². The summed E-state index contributed by atoms with van der Waals surface area (Å²) >= 11 is 1.55. The van der Waals surface area contributed by atoms with E-state index in [0.717, 1.165) is 29.3 Å². The molecule has 5 heteroatoms. The summed E-state index contributed by atoms with van der Waals surface area (Å²) in [4.78, 5) is 27.6. The zero-order chi connectivity index (χ0) is 16.7. The summed E-state index contributed by atoms with van der Waals surface area (Å²) in [7, 11) is 0. The monoisotopic (exact) mass is 344 g/mol. The van der Waals surface area contributed by atoms with Gasteiger partial charge >= 0.3 is 0 Å². The molecule has 4 rings (SSSR count). The summed E-state index contributed by atoms with van der Waals surface area (Å²) < 4.78 is 0. The van der Waals surface area contributed by atoms with Gasteiger partial charge in [-0.2, -0.15) is 0 Å². The lowest BCUT2D eigenvalue weighted by atomic mass is 9.84. The van der Waals surface area contributed by atoms with Crippen molar-refractivity contribution in [2.24, 2.45) is 5.92 Å². The van der Waals surface area contributed by atoms with Crippen LogP contribution in [0.15, 0.2) is 29.2 Å². The number of carbonyl (C=O) groups excluding carboxylic acids is 2. The Hall–Kier alpha value is -1.49. The second-order valence-corrected chi connectivity index (χ2v) is 8.50. The van der Waals surface area contributed by atoms with E-state index in [1.54, 1.807) is 16.7 Å². The molecule has 2 aliphatic heterocycles. The van der Waals surface area contributed by atoms with E-state index in [9.17, 15) is 9.59 Å². The van der Waals surface area contributed by atoms with Crippen molar-refractivity contribution in [3.05, 3.63) is 24.3 Å². The van der Waals surface area contributed by atoms with Crippen molar-refractivity contribution in [3.8, 4) is 0 Å².